The summed E-state index contributed by atoms with van der Waals surface area (Å²) in [5.74, 6) is -0.323. The lowest BCUT2D eigenvalue weighted by molar-refractivity contribution is -0.255. The molecular formula is C45H60N2O8. The highest BCUT2D eigenvalue weighted by Crippen LogP contribution is 2.62. The molecule has 0 bridgehead atoms. The monoisotopic (exact) mass is 756 g/mol. The van der Waals surface area contributed by atoms with Gasteiger partial charge in [0.15, 0.2) is 0 Å². The number of hydrogen-bond donors (Lipinski definition) is 2. The Labute approximate surface area is 327 Å². The molecular weight excluding hydrogens is 697 g/mol. The highest BCUT2D eigenvalue weighted by atomic mass is 16.7. The minimum Gasteiger partial charge on any atom is -0.490 e. The largest absolute Gasteiger partial charge is 0.490 e. The van der Waals surface area contributed by atoms with Crippen LogP contribution in [0, 0.1) is 17.8 Å². The minimum absolute atomic E-state index is 0.104. The van der Waals surface area contributed by atoms with Crippen molar-refractivity contribution in [2.45, 2.75) is 89.1 Å². The number of fused-ring (bicyclic) bond motifs is 2. The Morgan fingerprint density at radius 1 is 1.00 bits per heavy atom. The number of oxime groups is 1. The van der Waals surface area contributed by atoms with Crippen molar-refractivity contribution in [2.75, 3.05) is 39.6 Å². The lowest BCUT2D eigenvalue weighted by Gasteiger charge is -2.59. The van der Waals surface area contributed by atoms with Crippen molar-refractivity contribution in [2.24, 2.45) is 22.9 Å². The summed E-state index contributed by atoms with van der Waals surface area (Å²) in [4.78, 5) is 22.1. The zero-order chi connectivity index (χ0) is 39.0. The summed E-state index contributed by atoms with van der Waals surface area (Å²) in [6.45, 7) is 15.3. The van der Waals surface area contributed by atoms with Gasteiger partial charge in [-0.1, -0.05) is 86.1 Å². The number of aliphatic hydroxyl groups is 2. The summed E-state index contributed by atoms with van der Waals surface area (Å²) in [6.07, 6.45) is 13.3. The third-order valence-electron chi connectivity index (χ3n) is 10.9. The van der Waals surface area contributed by atoms with Gasteiger partial charge in [-0.2, -0.15) is 0 Å². The van der Waals surface area contributed by atoms with Crippen molar-refractivity contribution < 1.29 is 38.8 Å². The summed E-state index contributed by atoms with van der Waals surface area (Å²) in [7, 11) is 0. The number of hydrogen-bond acceptors (Lipinski definition) is 9. The van der Waals surface area contributed by atoms with E-state index in [0.717, 1.165) is 48.1 Å². The molecule has 1 aliphatic heterocycles. The molecule has 0 aromatic heterocycles. The van der Waals surface area contributed by atoms with Gasteiger partial charge in [-0.15, -0.1) is 13.2 Å². The van der Waals surface area contributed by atoms with E-state index in [1.54, 1.807) is 23.1 Å². The molecule has 2 aliphatic carbocycles. The SMILES string of the molecule is C=CCCOC(=O)N(CCC)C1CC(=NOCc2ccccc2)C2=CC(CCCCO)C(CCCCO)C3c4cc(OCC=C)ccc4OC1(OCC=C)C23. The maximum Gasteiger partial charge on any atom is 0.410 e. The fourth-order valence-electron chi connectivity index (χ4n) is 8.58. The van der Waals surface area contributed by atoms with Crippen LogP contribution in [0.5, 0.6) is 11.5 Å². The Morgan fingerprint density at radius 3 is 2.47 bits per heavy atom. The number of benzene rings is 2. The molecule has 55 heavy (non-hydrogen) atoms. The first-order valence-electron chi connectivity index (χ1n) is 20.0. The van der Waals surface area contributed by atoms with E-state index in [2.05, 4.69) is 31.9 Å². The van der Waals surface area contributed by atoms with Crippen LogP contribution in [0.3, 0.4) is 0 Å². The molecule has 0 saturated heterocycles. The number of allylic oxidation sites excluding steroid dienone is 1. The molecule has 1 fully saturated rings. The second-order valence-corrected chi connectivity index (χ2v) is 14.5. The summed E-state index contributed by atoms with van der Waals surface area (Å²) in [5, 5.41) is 24.6. The lowest BCUT2D eigenvalue weighted by Crippen LogP contribution is -2.70. The summed E-state index contributed by atoms with van der Waals surface area (Å²) in [5.41, 5.74) is 3.70. The van der Waals surface area contributed by atoms with E-state index in [4.69, 9.17) is 28.9 Å². The fraction of sp³-hybridized carbons (Fsp3) is 0.511. The second kappa shape index (κ2) is 21.1. The van der Waals surface area contributed by atoms with Crippen molar-refractivity contribution >= 4 is 11.8 Å². The molecule has 1 amide bonds. The van der Waals surface area contributed by atoms with E-state index in [0.29, 0.717) is 56.8 Å². The van der Waals surface area contributed by atoms with Crippen LogP contribution in [0.25, 0.3) is 0 Å². The number of ether oxygens (including phenoxy) is 4. The first-order valence-corrected chi connectivity index (χ1v) is 20.0. The van der Waals surface area contributed by atoms with Gasteiger partial charge in [0.25, 0.3) is 0 Å². The molecule has 1 heterocycles. The van der Waals surface area contributed by atoms with Crippen molar-refractivity contribution in [3.63, 3.8) is 0 Å². The van der Waals surface area contributed by atoms with Gasteiger partial charge in [0.2, 0.25) is 5.79 Å². The number of rotatable bonds is 23. The molecule has 0 spiro atoms. The van der Waals surface area contributed by atoms with Crippen LogP contribution in [0.4, 0.5) is 4.79 Å². The first kappa shape index (κ1) is 41.8. The maximum absolute atomic E-state index is 14.2. The summed E-state index contributed by atoms with van der Waals surface area (Å²) in [6, 6.07) is 15.2. The number of nitrogens with zero attached hydrogens (tertiary/aromatic N) is 2. The molecule has 2 N–H and O–H groups in total. The molecule has 298 valence electrons. The summed E-state index contributed by atoms with van der Waals surface area (Å²) < 4.78 is 26.2. The van der Waals surface area contributed by atoms with Crippen molar-refractivity contribution in [3.8, 4) is 11.5 Å². The first-order chi connectivity index (χ1) is 27.0. The van der Waals surface area contributed by atoms with E-state index in [-0.39, 0.29) is 50.8 Å². The van der Waals surface area contributed by atoms with Crippen LogP contribution in [-0.2, 0) is 20.9 Å². The average molecular weight is 757 g/mol. The molecule has 6 unspecified atom stereocenters. The van der Waals surface area contributed by atoms with Gasteiger partial charge in [0.05, 0.1) is 24.8 Å². The Balaban J connectivity index is 1.75. The predicted octanol–water partition coefficient (Wildman–Crippen LogP) is 8.51. The minimum atomic E-state index is -1.35. The van der Waals surface area contributed by atoms with Crippen molar-refractivity contribution in [1.29, 1.82) is 0 Å². The standard InChI is InChI=1S/C45H60N2O8/c1-5-9-28-52-44(50)47(23-6-2)41-31-39(46-54-32-33-17-11-10-12-18-33)37-29-34(19-13-15-24-48)36(20-14-16-25-49)42-38-30-35(51-26-7-3)21-22-40(38)55-45(41,43(37)42)53-27-8-4/h5,7-8,10-12,17-18,21-22,29-30,34,36,41-43,48-49H,1,3-4,6,9,13-16,19-20,23-28,31-32H2,2H3. The summed E-state index contributed by atoms with van der Waals surface area (Å²) >= 11 is 0. The zero-order valence-corrected chi connectivity index (χ0v) is 32.5. The molecule has 2 aromatic rings. The molecule has 0 radical (unpaired) electrons. The average Bonchev–Trinajstić information content (AvgIpc) is 3.20. The van der Waals surface area contributed by atoms with Crippen LogP contribution < -0.4 is 9.47 Å². The number of unbranched alkanes of at least 4 members (excludes halogenated alkanes) is 2. The van der Waals surface area contributed by atoms with E-state index < -0.39 is 23.8 Å². The molecule has 10 nitrogen and oxygen atoms in total. The molecule has 3 aliphatic rings. The van der Waals surface area contributed by atoms with E-state index >= 15 is 0 Å². The quantitative estimate of drug-likeness (QED) is 0.0659. The molecule has 5 rings (SSSR count). The third kappa shape index (κ3) is 9.90. The van der Waals surface area contributed by atoms with Gasteiger partial charge in [0, 0.05) is 37.7 Å². The van der Waals surface area contributed by atoms with Gasteiger partial charge in [-0.05, 0) is 79.7 Å². The van der Waals surface area contributed by atoms with Crippen LogP contribution in [0.15, 0.2) is 103 Å². The van der Waals surface area contributed by atoms with Gasteiger partial charge in [-0.25, -0.2) is 4.79 Å². The Hall–Kier alpha value is -4.38. The zero-order valence-electron chi connectivity index (χ0n) is 32.5. The van der Waals surface area contributed by atoms with Gasteiger partial charge in [0.1, 0.15) is 30.8 Å². The smallest absolute Gasteiger partial charge is 0.410 e. The molecule has 1 saturated carbocycles. The maximum atomic E-state index is 14.2. The van der Waals surface area contributed by atoms with Gasteiger partial charge in [-0.3, -0.25) is 4.90 Å². The normalized spacial score (nSPS) is 24.4. The van der Waals surface area contributed by atoms with E-state index in [1.165, 1.54) is 0 Å². The predicted molar refractivity (Wildman–Crippen MR) is 215 cm³/mol. The molecule has 2 aromatic carbocycles. The second-order valence-electron chi connectivity index (χ2n) is 14.5. The fourth-order valence-corrected chi connectivity index (χ4v) is 8.58. The molecule has 6 atom stereocenters. The van der Waals surface area contributed by atoms with Crippen LogP contribution in [-0.4, -0.2) is 78.3 Å². The van der Waals surface area contributed by atoms with Gasteiger partial charge < -0.3 is 34.0 Å². The Morgan fingerprint density at radius 2 is 1.76 bits per heavy atom. The van der Waals surface area contributed by atoms with Crippen LogP contribution in [0.1, 0.15) is 81.8 Å². The Bertz CT molecular complexity index is 1630. The van der Waals surface area contributed by atoms with Crippen molar-refractivity contribution in [1.82, 2.24) is 4.90 Å². The Kier molecular flexibility index (Phi) is 16.0. The third-order valence-corrected chi connectivity index (χ3v) is 10.9. The van der Waals surface area contributed by atoms with E-state index in [9.17, 15) is 15.0 Å². The van der Waals surface area contributed by atoms with Crippen LogP contribution >= 0.6 is 0 Å². The van der Waals surface area contributed by atoms with E-state index in [1.807, 2.05) is 49.4 Å². The van der Waals surface area contributed by atoms with Gasteiger partial charge >= 0.3 is 6.09 Å². The molecule has 10 heteroatoms. The van der Waals surface area contributed by atoms with Crippen molar-refractivity contribution in [3.05, 3.63) is 109 Å². The highest BCUT2D eigenvalue weighted by Gasteiger charge is 2.65. The topological polar surface area (TPSA) is 119 Å². The number of aliphatic hydroxyl groups excluding tert-OH is 2. The van der Waals surface area contributed by atoms with Crippen LogP contribution in [0.2, 0.25) is 0 Å². The lowest BCUT2D eigenvalue weighted by atomic mass is 9.55. The number of amides is 1. The number of carbonyl (C=O) groups excluding carboxylic acids is 1. The highest BCUT2D eigenvalue weighted by molar-refractivity contribution is 6.03. The number of carbonyl (C=O) groups is 1.